The van der Waals surface area contributed by atoms with Gasteiger partial charge in [-0.25, -0.2) is 0 Å². The van der Waals surface area contributed by atoms with Crippen molar-refractivity contribution in [3.63, 3.8) is 0 Å². The number of ether oxygens (including phenoxy) is 2. The first kappa shape index (κ1) is 18.7. The Bertz CT molecular complexity index is 914. The molecule has 2 aromatic carbocycles. The molecule has 0 heterocycles. The van der Waals surface area contributed by atoms with E-state index in [1.165, 1.54) is 0 Å². The van der Waals surface area contributed by atoms with Gasteiger partial charge >= 0.3 is 0 Å². The van der Waals surface area contributed by atoms with Crippen LogP contribution in [0.4, 0.5) is 0 Å². The molecule has 0 saturated heterocycles. The molecule has 1 aliphatic rings. The molecule has 0 fully saturated rings. The SMILES string of the molecule is CCCCNC(=O)C1=C(c2ccc(OC)cc2OC)c2ccccc2C1=O. The Labute approximate surface area is 159 Å². The van der Waals surface area contributed by atoms with E-state index in [0.29, 0.717) is 34.7 Å². The summed E-state index contributed by atoms with van der Waals surface area (Å²) in [6, 6.07) is 12.6. The van der Waals surface area contributed by atoms with Gasteiger partial charge in [-0.2, -0.15) is 0 Å². The summed E-state index contributed by atoms with van der Waals surface area (Å²) in [4.78, 5) is 25.8. The minimum absolute atomic E-state index is 0.163. The fourth-order valence-corrected chi connectivity index (χ4v) is 3.25. The van der Waals surface area contributed by atoms with E-state index in [0.717, 1.165) is 18.4 Å². The molecule has 0 unspecified atom stereocenters. The van der Waals surface area contributed by atoms with Gasteiger partial charge in [0.05, 0.1) is 19.8 Å². The maximum absolute atomic E-state index is 13.0. The summed E-state index contributed by atoms with van der Waals surface area (Å²) in [6.45, 7) is 2.59. The molecule has 27 heavy (non-hydrogen) atoms. The standard InChI is InChI=1S/C22H23NO4/c1-4-5-12-23-22(25)20-19(15-8-6-7-9-16(15)21(20)24)17-11-10-14(26-2)13-18(17)27-3/h6-11,13H,4-5,12H2,1-3H3,(H,23,25). The van der Waals surface area contributed by atoms with Crippen molar-refractivity contribution in [2.75, 3.05) is 20.8 Å². The lowest BCUT2D eigenvalue weighted by molar-refractivity contribution is -0.117. The monoisotopic (exact) mass is 365 g/mol. The lowest BCUT2D eigenvalue weighted by Gasteiger charge is -2.14. The van der Waals surface area contributed by atoms with Crippen molar-refractivity contribution in [3.05, 3.63) is 64.7 Å². The van der Waals surface area contributed by atoms with Crippen molar-refractivity contribution in [2.24, 2.45) is 0 Å². The van der Waals surface area contributed by atoms with Crippen LogP contribution in [0, 0.1) is 0 Å². The van der Waals surface area contributed by atoms with Crippen LogP contribution in [0.25, 0.3) is 5.57 Å². The Morgan fingerprint density at radius 1 is 1.00 bits per heavy atom. The van der Waals surface area contributed by atoms with Gasteiger partial charge in [0.1, 0.15) is 11.5 Å². The highest BCUT2D eigenvalue weighted by atomic mass is 16.5. The van der Waals surface area contributed by atoms with Crippen molar-refractivity contribution in [2.45, 2.75) is 19.8 Å². The van der Waals surface area contributed by atoms with E-state index in [1.807, 2.05) is 18.2 Å². The number of nitrogens with one attached hydrogen (secondary N) is 1. The molecular weight excluding hydrogens is 342 g/mol. The van der Waals surface area contributed by atoms with Crippen molar-refractivity contribution in [3.8, 4) is 11.5 Å². The third-order valence-electron chi connectivity index (χ3n) is 4.64. The summed E-state index contributed by atoms with van der Waals surface area (Å²) < 4.78 is 10.8. The number of hydrogen-bond acceptors (Lipinski definition) is 4. The second-order valence-corrected chi connectivity index (χ2v) is 6.30. The zero-order valence-corrected chi connectivity index (χ0v) is 15.8. The average Bonchev–Trinajstić information content (AvgIpc) is 3.00. The number of unbranched alkanes of at least 4 members (excludes halogenated alkanes) is 1. The highest BCUT2D eigenvalue weighted by Crippen LogP contribution is 2.42. The Hall–Kier alpha value is -3.08. The normalized spacial score (nSPS) is 12.8. The Morgan fingerprint density at radius 3 is 2.41 bits per heavy atom. The second-order valence-electron chi connectivity index (χ2n) is 6.30. The van der Waals surface area contributed by atoms with Crippen LogP contribution in [-0.2, 0) is 4.79 Å². The molecule has 3 rings (SSSR count). The Kier molecular flexibility index (Phi) is 5.60. The van der Waals surface area contributed by atoms with Crippen LogP contribution in [-0.4, -0.2) is 32.5 Å². The summed E-state index contributed by atoms with van der Waals surface area (Å²) in [7, 11) is 3.14. The number of benzene rings is 2. The van der Waals surface area contributed by atoms with E-state index in [4.69, 9.17) is 9.47 Å². The van der Waals surface area contributed by atoms with Gasteiger partial charge < -0.3 is 14.8 Å². The summed E-state index contributed by atoms with van der Waals surface area (Å²) in [6.07, 6.45) is 1.83. The van der Waals surface area contributed by atoms with E-state index < -0.39 is 0 Å². The third-order valence-corrected chi connectivity index (χ3v) is 4.64. The van der Waals surface area contributed by atoms with E-state index >= 15 is 0 Å². The minimum Gasteiger partial charge on any atom is -0.497 e. The number of Topliss-reactive ketones (excluding diaryl/α,β-unsaturated/α-hetero) is 1. The van der Waals surface area contributed by atoms with Gasteiger partial charge in [-0.05, 0) is 24.1 Å². The first-order valence-electron chi connectivity index (χ1n) is 9.01. The summed E-state index contributed by atoms with van der Waals surface area (Å²) in [5, 5.41) is 2.87. The molecule has 0 aliphatic heterocycles. The lowest BCUT2D eigenvalue weighted by atomic mass is 9.96. The van der Waals surface area contributed by atoms with E-state index in [9.17, 15) is 9.59 Å². The molecule has 0 aromatic heterocycles. The lowest BCUT2D eigenvalue weighted by Crippen LogP contribution is -2.28. The molecule has 0 atom stereocenters. The first-order chi connectivity index (χ1) is 13.1. The Morgan fingerprint density at radius 2 is 1.74 bits per heavy atom. The van der Waals surface area contributed by atoms with Gasteiger partial charge in [0.25, 0.3) is 5.91 Å². The van der Waals surface area contributed by atoms with E-state index in [1.54, 1.807) is 38.5 Å². The quantitative estimate of drug-likeness (QED) is 0.601. The molecule has 0 spiro atoms. The van der Waals surface area contributed by atoms with Crippen molar-refractivity contribution in [1.29, 1.82) is 0 Å². The van der Waals surface area contributed by atoms with E-state index in [2.05, 4.69) is 12.2 Å². The summed E-state index contributed by atoms with van der Waals surface area (Å²) >= 11 is 0. The van der Waals surface area contributed by atoms with Crippen LogP contribution >= 0.6 is 0 Å². The number of ketones is 1. The number of rotatable bonds is 7. The third kappa shape index (κ3) is 3.45. The van der Waals surface area contributed by atoms with Gasteiger partial charge in [-0.3, -0.25) is 9.59 Å². The fraction of sp³-hybridized carbons (Fsp3) is 0.273. The highest BCUT2D eigenvalue weighted by Gasteiger charge is 2.35. The van der Waals surface area contributed by atoms with Crippen LogP contribution in [0.5, 0.6) is 11.5 Å². The molecule has 1 aliphatic carbocycles. The number of carbonyl (C=O) groups excluding carboxylic acids is 2. The fourth-order valence-electron chi connectivity index (χ4n) is 3.25. The summed E-state index contributed by atoms with van der Waals surface area (Å²) in [5.74, 6) is 0.584. The topological polar surface area (TPSA) is 64.6 Å². The number of fused-ring (bicyclic) bond motifs is 1. The molecule has 2 aromatic rings. The molecule has 140 valence electrons. The van der Waals surface area contributed by atoms with Crippen molar-refractivity contribution >= 4 is 17.3 Å². The van der Waals surface area contributed by atoms with Gasteiger partial charge in [0.2, 0.25) is 0 Å². The molecule has 0 saturated carbocycles. The second kappa shape index (κ2) is 8.08. The predicted molar refractivity (Wildman–Crippen MR) is 104 cm³/mol. The number of hydrogen-bond donors (Lipinski definition) is 1. The number of amides is 1. The zero-order valence-electron chi connectivity index (χ0n) is 15.8. The Balaban J connectivity index is 2.17. The summed E-state index contributed by atoms with van der Waals surface area (Å²) in [5.41, 5.74) is 2.73. The molecule has 5 heteroatoms. The van der Waals surface area contributed by atoms with Gasteiger partial charge in [-0.1, -0.05) is 37.6 Å². The van der Waals surface area contributed by atoms with Crippen molar-refractivity contribution in [1.82, 2.24) is 5.32 Å². The van der Waals surface area contributed by atoms with Gasteiger partial charge in [0.15, 0.2) is 5.78 Å². The average molecular weight is 365 g/mol. The minimum atomic E-state index is -0.350. The number of methoxy groups -OCH3 is 2. The predicted octanol–water partition coefficient (Wildman–Crippen LogP) is 3.62. The first-order valence-corrected chi connectivity index (χ1v) is 9.01. The van der Waals surface area contributed by atoms with Crippen LogP contribution in [0.2, 0.25) is 0 Å². The largest absolute Gasteiger partial charge is 0.497 e. The van der Waals surface area contributed by atoms with Crippen molar-refractivity contribution < 1.29 is 19.1 Å². The van der Waals surface area contributed by atoms with Gasteiger partial charge in [0, 0.05) is 29.3 Å². The zero-order chi connectivity index (χ0) is 19.4. The van der Waals surface area contributed by atoms with Crippen LogP contribution < -0.4 is 14.8 Å². The highest BCUT2D eigenvalue weighted by molar-refractivity contribution is 6.36. The van der Waals surface area contributed by atoms with Crippen LogP contribution in [0.15, 0.2) is 48.0 Å². The van der Waals surface area contributed by atoms with Gasteiger partial charge in [-0.15, -0.1) is 0 Å². The van der Waals surface area contributed by atoms with Crippen LogP contribution in [0.3, 0.4) is 0 Å². The molecular formula is C22H23NO4. The smallest absolute Gasteiger partial charge is 0.255 e. The molecule has 0 radical (unpaired) electrons. The molecule has 5 nitrogen and oxygen atoms in total. The molecule has 1 N–H and O–H groups in total. The molecule has 0 bridgehead atoms. The van der Waals surface area contributed by atoms with Crippen LogP contribution in [0.1, 0.15) is 41.3 Å². The maximum Gasteiger partial charge on any atom is 0.255 e. The molecule has 1 amide bonds. The number of carbonyl (C=O) groups is 2. The van der Waals surface area contributed by atoms with E-state index in [-0.39, 0.29) is 17.3 Å². The maximum atomic E-state index is 13.0.